The zero-order valence-corrected chi connectivity index (χ0v) is 45.0. The molecule has 0 saturated carbocycles. The molecule has 0 aromatic carbocycles. The van der Waals surface area contributed by atoms with E-state index in [0.29, 0.717) is 6.42 Å². The Labute approximate surface area is 414 Å². The summed E-state index contributed by atoms with van der Waals surface area (Å²) in [5.74, 6) is -0.0701. The van der Waals surface area contributed by atoms with Gasteiger partial charge in [-0.15, -0.1) is 0 Å². The van der Waals surface area contributed by atoms with Gasteiger partial charge in [0.05, 0.1) is 18.8 Å². The van der Waals surface area contributed by atoms with Crippen molar-refractivity contribution in [3.05, 3.63) is 36.5 Å². The zero-order chi connectivity index (χ0) is 47.7. The summed E-state index contributed by atoms with van der Waals surface area (Å²) in [5.41, 5.74) is 0. The molecule has 3 N–H and O–H groups in total. The summed E-state index contributed by atoms with van der Waals surface area (Å²) in [4.78, 5) is 12.5. The van der Waals surface area contributed by atoms with Crippen molar-refractivity contribution in [3.63, 3.8) is 0 Å². The highest BCUT2D eigenvalue weighted by Crippen LogP contribution is 2.18. The molecule has 66 heavy (non-hydrogen) atoms. The maximum Gasteiger partial charge on any atom is 0.220 e. The summed E-state index contributed by atoms with van der Waals surface area (Å²) < 4.78 is 0. The lowest BCUT2D eigenvalue weighted by molar-refractivity contribution is -0.123. The number of rotatable bonds is 56. The lowest BCUT2D eigenvalue weighted by Crippen LogP contribution is -2.45. The van der Waals surface area contributed by atoms with E-state index in [4.69, 9.17) is 0 Å². The summed E-state index contributed by atoms with van der Waals surface area (Å²) in [6, 6.07) is -0.640. The van der Waals surface area contributed by atoms with Gasteiger partial charge in [0.1, 0.15) is 0 Å². The lowest BCUT2D eigenvalue weighted by atomic mass is 10.0. The first-order valence-electron chi connectivity index (χ1n) is 30.2. The summed E-state index contributed by atoms with van der Waals surface area (Å²) >= 11 is 0. The second-order valence-corrected chi connectivity index (χ2v) is 20.8. The molecule has 0 aromatic rings. The third-order valence-electron chi connectivity index (χ3n) is 14.1. The van der Waals surface area contributed by atoms with Crippen molar-refractivity contribution in [1.29, 1.82) is 0 Å². The zero-order valence-electron chi connectivity index (χ0n) is 45.0. The van der Waals surface area contributed by atoms with Crippen molar-refractivity contribution < 1.29 is 15.0 Å². The highest BCUT2D eigenvalue weighted by Gasteiger charge is 2.18. The molecule has 0 aromatic heterocycles. The Hall–Kier alpha value is -1.39. The first kappa shape index (κ1) is 64.6. The third-order valence-corrected chi connectivity index (χ3v) is 14.1. The lowest BCUT2D eigenvalue weighted by Gasteiger charge is -2.19. The van der Waals surface area contributed by atoms with Gasteiger partial charge in [-0.25, -0.2) is 0 Å². The van der Waals surface area contributed by atoms with Crippen LogP contribution in [0.5, 0.6) is 0 Å². The number of aliphatic hydroxyl groups is 2. The van der Waals surface area contributed by atoms with Gasteiger partial charge in [0, 0.05) is 6.42 Å². The Morgan fingerprint density at radius 2 is 0.591 bits per heavy atom. The van der Waals surface area contributed by atoms with Crippen LogP contribution in [-0.4, -0.2) is 34.9 Å². The van der Waals surface area contributed by atoms with Crippen LogP contribution in [0.1, 0.15) is 335 Å². The van der Waals surface area contributed by atoms with Crippen molar-refractivity contribution in [1.82, 2.24) is 5.32 Å². The van der Waals surface area contributed by atoms with Gasteiger partial charge in [0.2, 0.25) is 5.91 Å². The molecule has 0 saturated heterocycles. The molecule has 0 aliphatic rings. The summed E-state index contributed by atoms with van der Waals surface area (Å²) in [5, 5.41) is 23.2. The van der Waals surface area contributed by atoms with Crippen LogP contribution >= 0.6 is 0 Å². The molecule has 0 radical (unpaired) electrons. The predicted octanol–water partition coefficient (Wildman–Crippen LogP) is 20.0. The average molecular weight is 927 g/mol. The standard InChI is InChI=1S/C62H119NO3/c1-3-5-7-9-11-13-15-17-19-21-23-25-27-28-29-30-31-32-33-34-36-37-39-41-43-45-47-49-51-53-55-57-61(65)60(59-64)63-62(66)58-56-54-52-50-48-46-44-42-40-38-35-26-24-22-20-18-16-14-12-10-8-6-4-2/h22,24,47,49,55,57,60-61,64-65H,3-21,23,25-46,48,50-54,56,58-59H2,1-2H3,(H,63,66)/b24-22-,49-47+,57-55+. The van der Waals surface area contributed by atoms with Gasteiger partial charge < -0.3 is 15.5 Å². The molecule has 0 spiro atoms. The largest absolute Gasteiger partial charge is 0.394 e. The Bertz CT molecular complexity index is 1010. The summed E-state index contributed by atoms with van der Waals surface area (Å²) in [6.07, 6.45) is 79.0. The number of amides is 1. The molecule has 2 unspecified atom stereocenters. The molecule has 0 fully saturated rings. The Kier molecular flexibility index (Phi) is 56.7. The van der Waals surface area contributed by atoms with E-state index in [2.05, 4.69) is 43.5 Å². The summed E-state index contributed by atoms with van der Waals surface area (Å²) in [6.45, 7) is 4.33. The Morgan fingerprint density at radius 3 is 0.879 bits per heavy atom. The highest BCUT2D eigenvalue weighted by molar-refractivity contribution is 5.76. The molecule has 0 aliphatic carbocycles. The average Bonchev–Trinajstić information content (AvgIpc) is 3.32. The van der Waals surface area contributed by atoms with E-state index in [1.165, 1.54) is 283 Å². The van der Waals surface area contributed by atoms with E-state index >= 15 is 0 Å². The fourth-order valence-electron chi connectivity index (χ4n) is 9.49. The van der Waals surface area contributed by atoms with Crippen LogP contribution in [0.25, 0.3) is 0 Å². The molecule has 1 amide bonds. The maximum absolute atomic E-state index is 12.5. The predicted molar refractivity (Wildman–Crippen MR) is 295 cm³/mol. The van der Waals surface area contributed by atoms with Gasteiger partial charge in [-0.05, 0) is 57.8 Å². The Morgan fingerprint density at radius 1 is 0.348 bits per heavy atom. The van der Waals surface area contributed by atoms with Gasteiger partial charge in [0.25, 0.3) is 0 Å². The van der Waals surface area contributed by atoms with Gasteiger partial charge >= 0.3 is 0 Å². The van der Waals surface area contributed by atoms with Crippen LogP contribution in [0, 0.1) is 0 Å². The number of hydrogen-bond acceptors (Lipinski definition) is 3. The maximum atomic E-state index is 12.5. The van der Waals surface area contributed by atoms with E-state index in [1.54, 1.807) is 6.08 Å². The molecule has 4 heteroatoms. The molecule has 4 nitrogen and oxygen atoms in total. The first-order valence-corrected chi connectivity index (χ1v) is 30.2. The van der Waals surface area contributed by atoms with Crippen LogP contribution in [0.4, 0.5) is 0 Å². The topological polar surface area (TPSA) is 69.6 Å². The van der Waals surface area contributed by atoms with Crippen molar-refractivity contribution in [2.24, 2.45) is 0 Å². The monoisotopic (exact) mass is 926 g/mol. The number of carbonyl (C=O) groups excluding carboxylic acids is 1. The number of aliphatic hydroxyl groups excluding tert-OH is 2. The SMILES string of the molecule is CCCCCCCCCC/C=C\CCCCCCCCCCCCCC(=O)NC(CO)C(O)/C=C/CC/C=C/CCCCCCCCCCCCCCCCCCCCCCCCCCC. The van der Waals surface area contributed by atoms with Crippen LogP contribution in [0.2, 0.25) is 0 Å². The van der Waals surface area contributed by atoms with E-state index in [0.717, 1.165) is 32.1 Å². The molecule has 0 bridgehead atoms. The van der Waals surface area contributed by atoms with Gasteiger partial charge in [0.15, 0.2) is 0 Å². The van der Waals surface area contributed by atoms with Gasteiger partial charge in [-0.3, -0.25) is 4.79 Å². The van der Waals surface area contributed by atoms with Gasteiger partial charge in [-0.1, -0.05) is 307 Å². The quantitative estimate of drug-likeness (QED) is 0.0420. The molecule has 0 aliphatic heterocycles. The minimum Gasteiger partial charge on any atom is -0.394 e. The van der Waals surface area contributed by atoms with Crippen molar-refractivity contribution >= 4 is 5.91 Å². The van der Waals surface area contributed by atoms with Crippen molar-refractivity contribution in [3.8, 4) is 0 Å². The fourth-order valence-corrected chi connectivity index (χ4v) is 9.49. The third kappa shape index (κ3) is 53.6. The Balaban J connectivity index is 3.49. The second-order valence-electron chi connectivity index (χ2n) is 20.8. The normalized spacial score (nSPS) is 13.0. The van der Waals surface area contributed by atoms with Crippen molar-refractivity contribution in [2.45, 2.75) is 347 Å². The van der Waals surface area contributed by atoms with E-state index < -0.39 is 12.1 Å². The highest BCUT2D eigenvalue weighted by atomic mass is 16.3. The molecular formula is C62H119NO3. The number of hydrogen-bond donors (Lipinski definition) is 3. The molecular weight excluding hydrogens is 807 g/mol. The molecule has 2 atom stereocenters. The van der Waals surface area contributed by atoms with E-state index in [9.17, 15) is 15.0 Å². The number of unbranched alkanes of at least 4 members (excludes halogenated alkanes) is 45. The van der Waals surface area contributed by atoms with Crippen molar-refractivity contribution in [2.75, 3.05) is 6.61 Å². The number of allylic oxidation sites excluding steroid dienone is 5. The van der Waals surface area contributed by atoms with Gasteiger partial charge in [-0.2, -0.15) is 0 Å². The smallest absolute Gasteiger partial charge is 0.220 e. The van der Waals surface area contributed by atoms with Crippen LogP contribution < -0.4 is 5.32 Å². The fraction of sp³-hybridized carbons (Fsp3) is 0.887. The number of carbonyl (C=O) groups is 1. The number of nitrogens with one attached hydrogen (secondary N) is 1. The molecule has 0 heterocycles. The molecule has 390 valence electrons. The van der Waals surface area contributed by atoms with E-state index in [1.807, 2.05) is 6.08 Å². The molecule has 0 rings (SSSR count). The summed E-state index contributed by atoms with van der Waals surface area (Å²) in [7, 11) is 0. The van der Waals surface area contributed by atoms with Crippen LogP contribution in [0.15, 0.2) is 36.5 Å². The second kappa shape index (κ2) is 57.9. The minimum atomic E-state index is -0.863. The van der Waals surface area contributed by atoms with Crippen LogP contribution in [-0.2, 0) is 4.79 Å². The van der Waals surface area contributed by atoms with E-state index in [-0.39, 0.29) is 12.5 Å². The minimum absolute atomic E-state index is 0.0701. The van der Waals surface area contributed by atoms with Crippen LogP contribution in [0.3, 0.4) is 0 Å². The first-order chi connectivity index (χ1) is 32.7.